The Labute approximate surface area is 112 Å². The number of aryl methyl sites for hydroxylation is 1. The van der Waals surface area contributed by atoms with Crippen LogP contribution in [-0.2, 0) is 11.2 Å². The molecule has 0 bridgehead atoms. The molecule has 0 aliphatic carbocycles. The molecule has 0 aromatic heterocycles. The normalized spacial score (nSPS) is 12.2. The summed E-state index contributed by atoms with van der Waals surface area (Å²) in [6.07, 6.45) is 1.16. The molecule has 1 aromatic carbocycles. The van der Waals surface area contributed by atoms with Crippen molar-refractivity contribution >= 4 is 17.6 Å². The summed E-state index contributed by atoms with van der Waals surface area (Å²) in [6.45, 7) is 2.00. The number of hydrogen-bond acceptors (Lipinski definition) is 3. The lowest BCUT2D eigenvalue weighted by molar-refractivity contribution is -0.137. The molecule has 100 valence electrons. The van der Waals surface area contributed by atoms with Crippen molar-refractivity contribution in [2.24, 2.45) is 5.73 Å². The first-order valence-electron chi connectivity index (χ1n) is 5.83. The lowest BCUT2D eigenvalue weighted by atomic mass is 9.98. The Bertz CT molecular complexity index is 434. The molecule has 3 N–H and O–H groups in total. The SMILES string of the molecule is CCc1cc(Cl)cc(C(N)CCC(=O)O)c1OC. The topological polar surface area (TPSA) is 72.6 Å². The van der Waals surface area contributed by atoms with Crippen LogP contribution in [0.25, 0.3) is 0 Å². The third-order valence-corrected chi connectivity index (χ3v) is 3.03. The molecule has 1 rings (SSSR count). The first-order chi connectivity index (χ1) is 8.49. The molecule has 4 nitrogen and oxygen atoms in total. The largest absolute Gasteiger partial charge is 0.496 e. The molecule has 0 saturated heterocycles. The van der Waals surface area contributed by atoms with E-state index in [2.05, 4.69) is 0 Å². The van der Waals surface area contributed by atoms with E-state index >= 15 is 0 Å². The van der Waals surface area contributed by atoms with Crippen LogP contribution in [0.5, 0.6) is 5.75 Å². The highest BCUT2D eigenvalue weighted by molar-refractivity contribution is 6.30. The zero-order chi connectivity index (χ0) is 13.7. The smallest absolute Gasteiger partial charge is 0.303 e. The summed E-state index contributed by atoms with van der Waals surface area (Å²) in [7, 11) is 1.58. The van der Waals surface area contributed by atoms with Crippen LogP contribution in [0.15, 0.2) is 12.1 Å². The van der Waals surface area contributed by atoms with Crippen LogP contribution in [0.1, 0.15) is 36.9 Å². The van der Waals surface area contributed by atoms with Crippen LogP contribution in [0.2, 0.25) is 5.02 Å². The van der Waals surface area contributed by atoms with Crippen molar-refractivity contribution in [2.45, 2.75) is 32.2 Å². The number of hydrogen-bond donors (Lipinski definition) is 2. The van der Waals surface area contributed by atoms with Crippen molar-refractivity contribution in [1.82, 2.24) is 0 Å². The number of ether oxygens (including phenoxy) is 1. The Morgan fingerprint density at radius 2 is 2.22 bits per heavy atom. The second kappa shape index (κ2) is 6.61. The number of carboxylic acid groups (broad SMARTS) is 1. The van der Waals surface area contributed by atoms with Gasteiger partial charge in [0.2, 0.25) is 0 Å². The van der Waals surface area contributed by atoms with E-state index < -0.39 is 5.97 Å². The predicted octanol–water partition coefficient (Wildman–Crippen LogP) is 2.78. The van der Waals surface area contributed by atoms with Crippen molar-refractivity contribution in [3.05, 3.63) is 28.3 Å². The summed E-state index contributed by atoms with van der Waals surface area (Å²) < 4.78 is 5.36. The lowest BCUT2D eigenvalue weighted by Crippen LogP contribution is -2.14. The van der Waals surface area contributed by atoms with Crippen LogP contribution in [-0.4, -0.2) is 18.2 Å². The number of rotatable bonds is 6. The molecule has 0 radical (unpaired) electrons. The molecular weight excluding hydrogens is 254 g/mol. The van der Waals surface area contributed by atoms with E-state index in [9.17, 15) is 4.79 Å². The fraction of sp³-hybridized carbons (Fsp3) is 0.462. The summed E-state index contributed by atoms with van der Waals surface area (Å²) in [5, 5.41) is 9.27. The van der Waals surface area contributed by atoms with Gasteiger partial charge in [-0.1, -0.05) is 18.5 Å². The minimum atomic E-state index is -0.859. The fourth-order valence-electron chi connectivity index (χ4n) is 1.89. The standard InChI is InChI=1S/C13H18ClNO3/c1-3-8-6-9(14)7-10(13(8)18-2)11(15)4-5-12(16)17/h6-7,11H,3-5,15H2,1-2H3,(H,16,17). The summed E-state index contributed by atoms with van der Waals surface area (Å²) in [4.78, 5) is 10.6. The van der Waals surface area contributed by atoms with Crippen LogP contribution >= 0.6 is 11.6 Å². The first-order valence-corrected chi connectivity index (χ1v) is 6.21. The molecule has 0 amide bonds. The second-order valence-electron chi connectivity index (χ2n) is 4.08. The molecule has 0 saturated carbocycles. The number of benzene rings is 1. The number of nitrogens with two attached hydrogens (primary N) is 1. The average molecular weight is 272 g/mol. The van der Waals surface area contributed by atoms with E-state index in [-0.39, 0.29) is 12.5 Å². The van der Waals surface area contributed by atoms with Crippen molar-refractivity contribution in [3.63, 3.8) is 0 Å². The van der Waals surface area contributed by atoms with Crippen molar-refractivity contribution in [3.8, 4) is 5.75 Å². The van der Waals surface area contributed by atoms with Gasteiger partial charge < -0.3 is 15.6 Å². The molecule has 0 spiro atoms. The highest BCUT2D eigenvalue weighted by Crippen LogP contribution is 2.33. The maximum absolute atomic E-state index is 10.6. The predicted molar refractivity (Wildman–Crippen MR) is 71.2 cm³/mol. The van der Waals surface area contributed by atoms with Crippen LogP contribution in [0, 0.1) is 0 Å². The molecule has 0 fully saturated rings. The quantitative estimate of drug-likeness (QED) is 0.834. The summed E-state index contributed by atoms with van der Waals surface area (Å²) >= 11 is 6.04. The van der Waals surface area contributed by atoms with Gasteiger partial charge in [0.25, 0.3) is 0 Å². The van der Waals surface area contributed by atoms with Crippen molar-refractivity contribution < 1.29 is 14.6 Å². The minimum Gasteiger partial charge on any atom is -0.496 e. The fourth-order valence-corrected chi connectivity index (χ4v) is 2.14. The van der Waals surface area contributed by atoms with Gasteiger partial charge in [-0.2, -0.15) is 0 Å². The van der Waals surface area contributed by atoms with Gasteiger partial charge in [0.05, 0.1) is 7.11 Å². The van der Waals surface area contributed by atoms with E-state index in [4.69, 9.17) is 27.2 Å². The van der Waals surface area contributed by atoms with Gasteiger partial charge >= 0.3 is 5.97 Å². The number of carboxylic acids is 1. The summed E-state index contributed by atoms with van der Waals surface area (Å²) in [6, 6.07) is 3.19. The molecular formula is C13H18ClNO3. The molecule has 1 atom stereocenters. The van der Waals surface area contributed by atoms with Gasteiger partial charge in [-0.25, -0.2) is 0 Å². The Morgan fingerprint density at radius 1 is 1.56 bits per heavy atom. The average Bonchev–Trinajstić information content (AvgIpc) is 2.34. The lowest BCUT2D eigenvalue weighted by Gasteiger charge is -2.18. The van der Waals surface area contributed by atoms with E-state index in [0.29, 0.717) is 17.2 Å². The molecule has 0 heterocycles. The van der Waals surface area contributed by atoms with Crippen LogP contribution in [0.4, 0.5) is 0 Å². The highest BCUT2D eigenvalue weighted by Gasteiger charge is 2.17. The van der Waals surface area contributed by atoms with Crippen molar-refractivity contribution in [2.75, 3.05) is 7.11 Å². The molecule has 0 aliphatic rings. The zero-order valence-corrected chi connectivity index (χ0v) is 11.3. The molecule has 0 aliphatic heterocycles. The minimum absolute atomic E-state index is 0.0261. The number of methoxy groups -OCH3 is 1. The van der Waals surface area contributed by atoms with Gasteiger partial charge in [-0.15, -0.1) is 0 Å². The van der Waals surface area contributed by atoms with Gasteiger partial charge in [0, 0.05) is 23.0 Å². The Morgan fingerprint density at radius 3 is 2.72 bits per heavy atom. The maximum atomic E-state index is 10.6. The van der Waals surface area contributed by atoms with E-state index in [1.54, 1.807) is 13.2 Å². The monoisotopic (exact) mass is 271 g/mol. The zero-order valence-electron chi connectivity index (χ0n) is 10.6. The van der Waals surface area contributed by atoms with Gasteiger partial charge in [0.15, 0.2) is 0 Å². The van der Waals surface area contributed by atoms with E-state index in [0.717, 1.165) is 17.5 Å². The molecule has 18 heavy (non-hydrogen) atoms. The van der Waals surface area contributed by atoms with Crippen molar-refractivity contribution in [1.29, 1.82) is 0 Å². The number of carbonyl (C=O) groups is 1. The second-order valence-corrected chi connectivity index (χ2v) is 4.52. The summed E-state index contributed by atoms with van der Waals surface area (Å²) in [5.74, 6) is -0.151. The maximum Gasteiger partial charge on any atom is 0.303 e. The number of halogens is 1. The Balaban J connectivity index is 3.05. The summed E-state index contributed by atoms with van der Waals surface area (Å²) in [5.41, 5.74) is 7.75. The third-order valence-electron chi connectivity index (χ3n) is 2.81. The first kappa shape index (κ1) is 14.8. The van der Waals surface area contributed by atoms with E-state index in [1.807, 2.05) is 13.0 Å². The highest BCUT2D eigenvalue weighted by atomic mass is 35.5. The Hall–Kier alpha value is -1.26. The van der Waals surface area contributed by atoms with E-state index in [1.165, 1.54) is 0 Å². The molecule has 1 unspecified atom stereocenters. The van der Waals surface area contributed by atoms with Crippen LogP contribution in [0.3, 0.4) is 0 Å². The van der Waals surface area contributed by atoms with Crippen LogP contribution < -0.4 is 10.5 Å². The van der Waals surface area contributed by atoms with Gasteiger partial charge in [-0.3, -0.25) is 4.79 Å². The third kappa shape index (κ3) is 3.62. The molecule has 1 aromatic rings. The molecule has 5 heteroatoms. The Kier molecular flexibility index (Phi) is 5.44. The number of aliphatic carboxylic acids is 1. The van der Waals surface area contributed by atoms with Gasteiger partial charge in [-0.05, 0) is 30.5 Å². The van der Waals surface area contributed by atoms with Gasteiger partial charge in [0.1, 0.15) is 5.75 Å².